The van der Waals surface area contributed by atoms with Crippen LogP contribution in [-0.2, 0) is 14.3 Å². The molecule has 0 radical (unpaired) electrons. The number of hydrogen-bond acceptors (Lipinski definition) is 6. The van der Waals surface area contributed by atoms with Gasteiger partial charge in [0.25, 0.3) is 0 Å². The first-order chi connectivity index (χ1) is 20.2. The van der Waals surface area contributed by atoms with Gasteiger partial charge in [-0.2, -0.15) is 10.2 Å². The Hall–Kier alpha value is -3.37. The minimum absolute atomic E-state index is 0.0102. The average Bonchev–Trinajstić information content (AvgIpc) is 3.50. The third-order valence-corrected chi connectivity index (χ3v) is 10.8. The molecule has 2 saturated carbocycles. The number of rotatable bonds is 6. The predicted octanol–water partition coefficient (Wildman–Crippen LogP) is 4.26. The number of nitrogens with one attached hydrogen (secondary N) is 1. The highest BCUT2D eigenvalue weighted by Gasteiger charge is 2.55. The number of fused-ring (bicyclic) bond motifs is 1. The van der Waals surface area contributed by atoms with Crippen molar-refractivity contribution >= 4 is 40.1 Å². The molecule has 4 aliphatic rings. The van der Waals surface area contributed by atoms with Crippen molar-refractivity contribution < 1.29 is 14.3 Å². The zero-order valence-electron chi connectivity index (χ0n) is 24.6. The van der Waals surface area contributed by atoms with Crippen LogP contribution < -0.4 is 4.90 Å². The first-order valence-corrected chi connectivity index (χ1v) is 15.2. The molecule has 2 amide bonds. The van der Waals surface area contributed by atoms with Gasteiger partial charge in [0.15, 0.2) is 5.82 Å². The summed E-state index contributed by atoms with van der Waals surface area (Å²) in [4.78, 5) is 31.2. The summed E-state index contributed by atoms with van der Waals surface area (Å²) in [6, 6.07) is 2.30. The number of benzene rings is 1. The number of nitrogens with zero attached hydrogens (tertiary/aromatic N) is 6. The summed E-state index contributed by atoms with van der Waals surface area (Å²) in [5, 5.41) is 14.6. The summed E-state index contributed by atoms with van der Waals surface area (Å²) < 4.78 is 7.39. The highest BCUT2D eigenvalue weighted by Crippen LogP contribution is 2.56. The van der Waals surface area contributed by atoms with Crippen molar-refractivity contribution in [2.24, 2.45) is 5.41 Å². The van der Waals surface area contributed by atoms with Gasteiger partial charge in [-0.15, -0.1) is 0 Å². The lowest BCUT2D eigenvalue weighted by Gasteiger charge is -2.59. The van der Waals surface area contributed by atoms with Gasteiger partial charge >= 0.3 is 0 Å². The van der Waals surface area contributed by atoms with Crippen molar-refractivity contribution in [1.82, 2.24) is 29.8 Å². The number of piperazine rings is 1. The first-order valence-electron chi connectivity index (χ1n) is 14.9. The van der Waals surface area contributed by atoms with Gasteiger partial charge in [0, 0.05) is 67.5 Å². The normalized spacial score (nSPS) is 21.0. The van der Waals surface area contributed by atoms with Crippen molar-refractivity contribution in [2.45, 2.75) is 57.5 Å². The third-order valence-electron chi connectivity index (χ3n) is 10.3. The molecule has 0 unspecified atom stereocenters. The van der Waals surface area contributed by atoms with E-state index in [1.54, 1.807) is 7.11 Å². The SMILES string of the molecule is C=CC(=O)N1CC2(CC(n3nc(N4CCN(C(=O)COC)CC45CCC5)c(-c4c(Cl)c(C)cc5[nH]ncc45)c3C)C2)C1. The second-order valence-corrected chi connectivity index (χ2v) is 13.3. The number of aromatic nitrogens is 4. The standard InChI is InChI=1S/C31H38ClN7O3/c1-5-24(40)37-16-30(17-37)12-21(13-30)39-20(3)26(27-22-14-33-34-23(22)11-19(2)28(27)32)29(35-39)38-10-9-36(25(41)15-42-4)18-31(38)7-6-8-31/h5,11,14,21H,1,6-10,12-13,15-18H2,2-4H3,(H,33,34). The average molecular weight is 592 g/mol. The number of halogens is 1. The van der Waals surface area contributed by atoms with Crippen LogP contribution in [0, 0.1) is 19.3 Å². The van der Waals surface area contributed by atoms with Crippen LogP contribution in [0.25, 0.3) is 22.0 Å². The molecular weight excluding hydrogens is 554 g/mol. The molecule has 2 aromatic heterocycles. The van der Waals surface area contributed by atoms with E-state index in [1.807, 2.05) is 29.0 Å². The molecule has 2 spiro atoms. The zero-order valence-corrected chi connectivity index (χ0v) is 25.3. The van der Waals surface area contributed by atoms with Crippen molar-refractivity contribution in [3.8, 4) is 11.1 Å². The second-order valence-electron chi connectivity index (χ2n) is 12.9. The number of hydrogen-bond donors (Lipinski definition) is 1. The van der Waals surface area contributed by atoms with Crippen LogP contribution in [0.4, 0.5) is 5.82 Å². The van der Waals surface area contributed by atoms with E-state index in [2.05, 4.69) is 33.3 Å². The molecule has 0 atom stereocenters. The van der Waals surface area contributed by atoms with E-state index in [1.165, 1.54) is 6.08 Å². The van der Waals surface area contributed by atoms with Crippen LogP contribution in [0.3, 0.4) is 0 Å². The minimum atomic E-state index is -0.159. The number of aromatic amines is 1. The van der Waals surface area contributed by atoms with E-state index >= 15 is 0 Å². The molecule has 3 aromatic rings. The number of carbonyl (C=O) groups excluding carboxylic acids is 2. The molecule has 42 heavy (non-hydrogen) atoms. The molecule has 10 nitrogen and oxygen atoms in total. The van der Waals surface area contributed by atoms with E-state index in [0.717, 1.165) is 84.3 Å². The van der Waals surface area contributed by atoms with Crippen LogP contribution >= 0.6 is 11.6 Å². The summed E-state index contributed by atoms with van der Waals surface area (Å²) in [6.07, 6.45) is 8.38. The molecule has 2 aliphatic heterocycles. The van der Waals surface area contributed by atoms with Gasteiger partial charge in [-0.05, 0) is 63.7 Å². The molecule has 1 N–H and O–H groups in total. The number of amides is 2. The molecule has 1 aromatic carbocycles. The maximum absolute atomic E-state index is 12.8. The van der Waals surface area contributed by atoms with E-state index in [9.17, 15) is 9.59 Å². The van der Waals surface area contributed by atoms with Gasteiger partial charge in [-0.25, -0.2) is 0 Å². The molecule has 0 bridgehead atoms. The predicted molar refractivity (Wildman–Crippen MR) is 162 cm³/mol. The Morgan fingerprint density at radius 1 is 1.17 bits per heavy atom. The maximum atomic E-state index is 12.8. The Kier molecular flexibility index (Phi) is 6.43. The first kappa shape index (κ1) is 27.5. The topological polar surface area (TPSA) is 99.6 Å². The highest BCUT2D eigenvalue weighted by molar-refractivity contribution is 6.36. The molecule has 7 rings (SSSR count). The fraction of sp³-hybridized carbons (Fsp3) is 0.548. The summed E-state index contributed by atoms with van der Waals surface area (Å²) in [5.74, 6) is 0.992. The van der Waals surface area contributed by atoms with Gasteiger partial charge in [0.05, 0.1) is 28.3 Å². The number of anilines is 1. The van der Waals surface area contributed by atoms with Gasteiger partial charge in [-0.1, -0.05) is 18.2 Å². The van der Waals surface area contributed by atoms with Crippen molar-refractivity contribution in [2.75, 3.05) is 51.3 Å². The Morgan fingerprint density at radius 3 is 2.60 bits per heavy atom. The fourth-order valence-electron chi connectivity index (χ4n) is 7.95. The van der Waals surface area contributed by atoms with Crippen LogP contribution in [-0.4, -0.2) is 93.6 Å². The molecule has 4 fully saturated rings. The maximum Gasteiger partial charge on any atom is 0.248 e. The van der Waals surface area contributed by atoms with Gasteiger partial charge < -0.3 is 19.4 Å². The lowest BCUT2D eigenvalue weighted by Crippen LogP contribution is -2.67. The zero-order chi connectivity index (χ0) is 29.4. The van der Waals surface area contributed by atoms with Crippen LogP contribution in [0.5, 0.6) is 0 Å². The Bertz CT molecular complexity index is 1590. The van der Waals surface area contributed by atoms with E-state index in [4.69, 9.17) is 21.4 Å². The lowest BCUT2D eigenvalue weighted by atomic mass is 9.60. The van der Waals surface area contributed by atoms with Crippen LogP contribution in [0.1, 0.15) is 49.4 Å². The summed E-state index contributed by atoms with van der Waals surface area (Å²) in [5.41, 5.74) is 5.05. The Labute approximate surface area is 250 Å². The van der Waals surface area contributed by atoms with Crippen molar-refractivity contribution in [3.63, 3.8) is 0 Å². The Balaban J connectivity index is 1.30. The van der Waals surface area contributed by atoms with Gasteiger partial charge in [0.2, 0.25) is 11.8 Å². The molecule has 2 aliphatic carbocycles. The molecular formula is C31H38ClN7O3. The third kappa shape index (κ3) is 4.01. The lowest BCUT2D eigenvalue weighted by molar-refractivity contribution is -0.149. The van der Waals surface area contributed by atoms with E-state index in [0.29, 0.717) is 24.7 Å². The molecule has 222 valence electrons. The highest BCUT2D eigenvalue weighted by atomic mass is 35.5. The summed E-state index contributed by atoms with van der Waals surface area (Å²) in [7, 11) is 1.57. The number of H-pyrrole nitrogens is 1. The van der Waals surface area contributed by atoms with Crippen LogP contribution in [0.15, 0.2) is 24.9 Å². The summed E-state index contributed by atoms with van der Waals surface area (Å²) in [6.45, 7) is 11.5. The summed E-state index contributed by atoms with van der Waals surface area (Å²) >= 11 is 7.13. The number of likely N-dealkylation sites (tertiary alicyclic amines) is 1. The quantitative estimate of drug-likeness (QED) is 0.430. The number of ether oxygens (including phenoxy) is 1. The number of methoxy groups -OCH3 is 1. The second kappa shape index (κ2) is 9.84. The fourth-order valence-corrected chi connectivity index (χ4v) is 8.20. The molecule has 2 saturated heterocycles. The van der Waals surface area contributed by atoms with Gasteiger partial charge in [0.1, 0.15) is 6.61 Å². The minimum Gasteiger partial charge on any atom is -0.375 e. The molecule has 4 heterocycles. The monoisotopic (exact) mass is 591 g/mol. The van der Waals surface area contributed by atoms with Gasteiger partial charge in [-0.3, -0.25) is 19.4 Å². The van der Waals surface area contributed by atoms with Crippen molar-refractivity contribution in [1.29, 1.82) is 0 Å². The van der Waals surface area contributed by atoms with Crippen molar-refractivity contribution in [3.05, 3.63) is 41.2 Å². The van der Waals surface area contributed by atoms with Crippen LogP contribution in [0.2, 0.25) is 5.02 Å². The van der Waals surface area contributed by atoms with E-state index in [-0.39, 0.29) is 35.4 Å². The number of aryl methyl sites for hydroxylation is 1. The Morgan fingerprint density at radius 2 is 1.93 bits per heavy atom. The number of carbonyl (C=O) groups is 2. The molecule has 11 heteroatoms. The largest absolute Gasteiger partial charge is 0.375 e. The smallest absolute Gasteiger partial charge is 0.248 e. The van der Waals surface area contributed by atoms with E-state index < -0.39 is 0 Å².